The minimum absolute atomic E-state index is 0.0998. The summed E-state index contributed by atoms with van der Waals surface area (Å²) in [5, 5.41) is 2.91. The van der Waals surface area contributed by atoms with Crippen molar-refractivity contribution in [2.24, 2.45) is 0 Å². The first kappa shape index (κ1) is 17.8. The van der Waals surface area contributed by atoms with Crippen LogP contribution in [-0.4, -0.2) is 33.0 Å². The van der Waals surface area contributed by atoms with Crippen LogP contribution in [0.5, 0.6) is 5.88 Å². The van der Waals surface area contributed by atoms with Crippen molar-refractivity contribution >= 4 is 11.9 Å². The van der Waals surface area contributed by atoms with Gasteiger partial charge in [-0.25, -0.2) is 19.3 Å². The Bertz CT molecular complexity index is 1090. The number of carbonyl (C=O) groups excluding carboxylic acids is 1. The number of nitrogen functional groups attached to an aromatic ring is 1. The highest BCUT2D eigenvalue weighted by atomic mass is 19.1. The zero-order valence-electron chi connectivity index (χ0n) is 15.2. The van der Waals surface area contributed by atoms with Crippen molar-refractivity contribution in [1.29, 1.82) is 0 Å². The lowest BCUT2D eigenvalue weighted by molar-refractivity contribution is 0.0922. The first-order chi connectivity index (χ1) is 13.5. The van der Waals surface area contributed by atoms with E-state index in [0.29, 0.717) is 46.1 Å². The number of hydrogen-bond donors (Lipinski definition) is 2. The van der Waals surface area contributed by atoms with Crippen LogP contribution < -0.4 is 15.8 Å². The van der Waals surface area contributed by atoms with Gasteiger partial charge in [0.1, 0.15) is 5.82 Å². The van der Waals surface area contributed by atoms with Crippen LogP contribution in [0.4, 0.5) is 10.3 Å². The highest BCUT2D eigenvalue weighted by Gasteiger charge is 2.31. The number of amides is 1. The molecule has 0 saturated carbocycles. The van der Waals surface area contributed by atoms with Crippen molar-refractivity contribution in [3.05, 3.63) is 58.9 Å². The van der Waals surface area contributed by atoms with E-state index in [-0.39, 0.29) is 11.9 Å². The molecule has 8 nitrogen and oxygen atoms in total. The number of hydrogen-bond acceptors (Lipinski definition) is 7. The van der Waals surface area contributed by atoms with Crippen molar-refractivity contribution in [2.75, 3.05) is 12.8 Å². The number of aryl methyl sites for hydroxylation is 1. The van der Waals surface area contributed by atoms with Crippen LogP contribution in [0.2, 0.25) is 0 Å². The fraction of sp³-hybridized carbons (Fsp3) is 0.211. The molecule has 3 N–H and O–H groups in total. The molecule has 0 spiro atoms. The van der Waals surface area contributed by atoms with E-state index in [4.69, 9.17) is 10.5 Å². The SMILES string of the molecule is COc1cncc(-c2ccc(F)cc2C2Cc3nc(N)nc(C)c3C(=O)N2)n1. The average Bonchev–Trinajstić information content (AvgIpc) is 2.67. The summed E-state index contributed by atoms with van der Waals surface area (Å²) in [5.41, 5.74) is 8.91. The largest absolute Gasteiger partial charge is 0.480 e. The Hall–Kier alpha value is -3.62. The summed E-state index contributed by atoms with van der Waals surface area (Å²) >= 11 is 0. The van der Waals surface area contributed by atoms with Crippen molar-refractivity contribution < 1.29 is 13.9 Å². The lowest BCUT2D eigenvalue weighted by Crippen LogP contribution is -2.37. The van der Waals surface area contributed by atoms with Gasteiger partial charge in [0.2, 0.25) is 11.8 Å². The molecule has 0 bridgehead atoms. The van der Waals surface area contributed by atoms with Crippen LogP contribution in [0.1, 0.15) is 33.4 Å². The van der Waals surface area contributed by atoms with Crippen LogP contribution in [0.3, 0.4) is 0 Å². The molecule has 1 unspecified atom stereocenters. The number of methoxy groups -OCH3 is 1. The Kier molecular flexibility index (Phi) is 4.34. The molecule has 9 heteroatoms. The predicted molar refractivity (Wildman–Crippen MR) is 99.1 cm³/mol. The monoisotopic (exact) mass is 380 g/mol. The first-order valence-electron chi connectivity index (χ1n) is 8.56. The lowest BCUT2D eigenvalue weighted by Gasteiger charge is -2.27. The number of fused-ring (bicyclic) bond motifs is 1. The molecular formula is C19H17FN6O2. The van der Waals surface area contributed by atoms with Crippen LogP contribution in [0, 0.1) is 12.7 Å². The summed E-state index contributed by atoms with van der Waals surface area (Å²) in [6.45, 7) is 1.70. The number of rotatable bonds is 3. The molecule has 1 aliphatic rings. The van der Waals surface area contributed by atoms with Crippen LogP contribution >= 0.6 is 0 Å². The van der Waals surface area contributed by atoms with Crippen molar-refractivity contribution in [2.45, 2.75) is 19.4 Å². The summed E-state index contributed by atoms with van der Waals surface area (Å²) in [6.07, 6.45) is 3.39. The molecule has 0 fully saturated rings. The van der Waals surface area contributed by atoms with Gasteiger partial charge < -0.3 is 15.8 Å². The molecular weight excluding hydrogens is 363 g/mol. The second-order valence-corrected chi connectivity index (χ2v) is 6.40. The first-order valence-corrected chi connectivity index (χ1v) is 8.56. The Morgan fingerprint density at radius 1 is 1.25 bits per heavy atom. The lowest BCUT2D eigenvalue weighted by atomic mass is 9.90. The topological polar surface area (TPSA) is 116 Å². The zero-order valence-corrected chi connectivity index (χ0v) is 15.2. The molecule has 3 aromatic rings. The van der Waals surface area contributed by atoms with Crippen molar-refractivity contribution in [3.63, 3.8) is 0 Å². The maximum absolute atomic E-state index is 14.1. The molecule has 1 aromatic carbocycles. The molecule has 3 heterocycles. The van der Waals surface area contributed by atoms with Gasteiger partial charge in [-0.15, -0.1) is 0 Å². The Balaban J connectivity index is 1.81. The number of anilines is 1. The summed E-state index contributed by atoms with van der Waals surface area (Å²) in [4.78, 5) is 29.4. The van der Waals surface area contributed by atoms with E-state index < -0.39 is 11.9 Å². The van der Waals surface area contributed by atoms with E-state index in [9.17, 15) is 9.18 Å². The maximum Gasteiger partial charge on any atom is 0.255 e. The third-order valence-electron chi connectivity index (χ3n) is 4.60. The van der Waals surface area contributed by atoms with Gasteiger partial charge in [-0.3, -0.25) is 9.78 Å². The van der Waals surface area contributed by atoms with Gasteiger partial charge in [0.05, 0.1) is 48.2 Å². The van der Waals surface area contributed by atoms with E-state index in [1.807, 2.05) is 0 Å². The number of halogens is 1. The van der Waals surface area contributed by atoms with E-state index in [1.54, 1.807) is 19.2 Å². The van der Waals surface area contributed by atoms with Crippen LogP contribution in [-0.2, 0) is 6.42 Å². The molecule has 0 radical (unpaired) electrons. The number of benzene rings is 1. The fourth-order valence-corrected chi connectivity index (χ4v) is 3.39. The molecule has 142 valence electrons. The average molecular weight is 380 g/mol. The summed E-state index contributed by atoms with van der Waals surface area (Å²) < 4.78 is 19.2. The molecule has 1 amide bonds. The predicted octanol–water partition coefficient (Wildman–Crippen LogP) is 2.00. The number of nitrogens with two attached hydrogens (primary N) is 1. The summed E-state index contributed by atoms with van der Waals surface area (Å²) in [7, 11) is 1.49. The van der Waals surface area contributed by atoms with E-state index in [1.165, 1.54) is 25.4 Å². The molecule has 0 aliphatic carbocycles. The Morgan fingerprint density at radius 3 is 2.86 bits per heavy atom. The van der Waals surface area contributed by atoms with Crippen LogP contribution in [0.25, 0.3) is 11.3 Å². The van der Waals surface area contributed by atoms with E-state index in [2.05, 4.69) is 25.3 Å². The molecule has 2 aromatic heterocycles. The third kappa shape index (κ3) is 3.11. The quantitative estimate of drug-likeness (QED) is 0.714. The minimum atomic E-state index is -0.507. The second kappa shape index (κ2) is 6.84. The number of aromatic nitrogens is 4. The van der Waals surface area contributed by atoms with Gasteiger partial charge in [-0.05, 0) is 30.7 Å². The summed E-state index contributed by atoms with van der Waals surface area (Å²) in [5.74, 6) is -0.312. The second-order valence-electron chi connectivity index (χ2n) is 6.40. The molecule has 1 atom stereocenters. The molecule has 4 rings (SSSR count). The van der Waals surface area contributed by atoms with Crippen molar-refractivity contribution in [1.82, 2.24) is 25.3 Å². The number of nitrogens with one attached hydrogen (secondary N) is 1. The minimum Gasteiger partial charge on any atom is -0.480 e. The zero-order chi connectivity index (χ0) is 19.8. The Morgan fingerprint density at radius 2 is 2.07 bits per heavy atom. The molecule has 0 saturated heterocycles. The van der Waals surface area contributed by atoms with Gasteiger partial charge in [-0.2, -0.15) is 0 Å². The number of carbonyl (C=O) groups is 1. The Labute approximate surface area is 160 Å². The number of ether oxygens (including phenoxy) is 1. The van der Waals surface area contributed by atoms with E-state index >= 15 is 0 Å². The number of nitrogens with zero attached hydrogens (tertiary/aromatic N) is 4. The van der Waals surface area contributed by atoms with Crippen LogP contribution in [0.15, 0.2) is 30.6 Å². The van der Waals surface area contributed by atoms with Gasteiger partial charge in [0, 0.05) is 12.0 Å². The highest BCUT2D eigenvalue weighted by Crippen LogP contribution is 2.33. The summed E-state index contributed by atoms with van der Waals surface area (Å²) in [6, 6.07) is 3.81. The normalized spacial score (nSPS) is 15.7. The van der Waals surface area contributed by atoms with Gasteiger partial charge >= 0.3 is 0 Å². The molecule has 28 heavy (non-hydrogen) atoms. The van der Waals surface area contributed by atoms with Gasteiger partial charge in [-0.1, -0.05) is 0 Å². The van der Waals surface area contributed by atoms with E-state index in [0.717, 1.165) is 0 Å². The van der Waals surface area contributed by atoms with Gasteiger partial charge in [0.25, 0.3) is 5.91 Å². The molecule has 1 aliphatic heterocycles. The standard InChI is InChI=1S/C19H17FN6O2/c1-9-17-14(26-19(21)23-9)6-13(25-18(17)27)12-5-10(20)3-4-11(12)15-7-22-8-16(24-15)28-2/h3-5,7-8,13H,6H2,1-2H3,(H,25,27)(H2,21,23,26). The smallest absolute Gasteiger partial charge is 0.255 e. The maximum atomic E-state index is 14.1. The third-order valence-corrected chi connectivity index (χ3v) is 4.60. The van der Waals surface area contributed by atoms with Gasteiger partial charge in [0.15, 0.2) is 0 Å². The van der Waals surface area contributed by atoms with Crippen molar-refractivity contribution in [3.8, 4) is 17.1 Å². The fourth-order valence-electron chi connectivity index (χ4n) is 3.39. The highest BCUT2D eigenvalue weighted by molar-refractivity contribution is 5.98.